The Morgan fingerprint density at radius 3 is 1.70 bits per heavy atom. The quantitative estimate of drug-likeness (QED) is 0.229. The summed E-state index contributed by atoms with van der Waals surface area (Å²) in [5.74, 6) is 0.970. The summed E-state index contributed by atoms with van der Waals surface area (Å²) in [5, 5.41) is 0.230. The smallest absolute Gasteiger partial charge is 0.244 e. The number of benzene rings is 2. The molecule has 0 unspecified atom stereocenters. The highest BCUT2D eigenvalue weighted by atomic mass is 16.7. The molecule has 3 aliphatic heterocycles. The second-order valence-corrected chi connectivity index (χ2v) is 12.1. The number of ether oxygens (including phenoxy) is 10. The molecule has 0 saturated heterocycles. The van der Waals surface area contributed by atoms with Gasteiger partial charge in [-0.1, -0.05) is 0 Å². The van der Waals surface area contributed by atoms with Gasteiger partial charge in [-0.3, -0.25) is 4.79 Å². The minimum absolute atomic E-state index is 0.0149. The Morgan fingerprint density at radius 1 is 0.630 bits per heavy atom. The Hall–Kier alpha value is -5.13. The lowest BCUT2D eigenvalue weighted by molar-refractivity contribution is -0.119. The van der Waals surface area contributed by atoms with Gasteiger partial charge >= 0.3 is 0 Å². The van der Waals surface area contributed by atoms with Crippen LogP contribution in [0.3, 0.4) is 0 Å². The summed E-state index contributed by atoms with van der Waals surface area (Å²) in [4.78, 5) is 13.6. The van der Waals surface area contributed by atoms with E-state index in [1.165, 1.54) is 32.0 Å². The van der Waals surface area contributed by atoms with Gasteiger partial charge in [0.1, 0.15) is 66.8 Å². The van der Waals surface area contributed by atoms with Gasteiger partial charge in [0, 0.05) is 65.3 Å². The van der Waals surface area contributed by atoms with Gasteiger partial charge in [0.25, 0.3) is 0 Å². The van der Waals surface area contributed by atoms with Crippen LogP contribution < -0.4 is 24.4 Å². The van der Waals surface area contributed by atoms with E-state index < -0.39 is 17.4 Å². The second kappa shape index (κ2) is 11.7. The SMILES string of the molecule is COc1ccc(-c2cc(=O)c3c(OCC4=COC(C)(C)O4)cc(OCC4=COC(C)(C)O4)cc3o2)cc1OCC1=COC(C)(C)O1. The van der Waals surface area contributed by atoms with Crippen molar-refractivity contribution >= 4 is 11.0 Å². The highest BCUT2D eigenvalue weighted by Crippen LogP contribution is 2.37. The normalized spacial score (nSPS) is 18.5. The summed E-state index contributed by atoms with van der Waals surface area (Å²) in [6.45, 7) is 11.0. The largest absolute Gasteiger partial charge is 0.493 e. The standard InChI is InChI=1S/C34H36O12/c1-32(2)40-17-22(44-32)14-37-21-11-29(39-16-24-19-42-34(5,6)46-24)31-25(35)13-27(43-30(31)12-21)20-8-9-26(36-7)28(10-20)38-15-23-18-41-33(3,4)45-23/h8-13,17-19H,14-16H2,1-7H3. The van der Waals surface area contributed by atoms with E-state index in [9.17, 15) is 4.79 Å². The minimum atomic E-state index is -0.809. The average Bonchev–Trinajstić information content (AvgIpc) is 3.66. The second-order valence-electron chi connectivity index (χ2n) is 12.1. The number of methoxy groups -OCH3 is 1. The van der Waals surface area contributed by atoms with Gasteiger partial charge in [-0.2, -0.15) is 0 Å². The highest BCUT2D eigenvalue weighted by molar-refractivity contribution is 5.86. The van der Waals surface area contributed by atoms with Crippen molar-refractivity contribution in [1.29, 1.82) is 0 Å². The van der Waals surface area contributed by atoms with Crippen LogP contribution in [-0.2, 0) is 28.4 Å². The van der Waals surface area contributed by atoms with E-state index >= 15 is 0 Å². The van der Waals surface area contributed by atoms with E-state index in [0.717, 1.165) is 0 Å². The van der Waals surface area contributed by atoms with Crippen molar-refractivity contribution in [3.63, 3.8) is 0 Å². The van der Waals surface area contributed by atoms with Crippen molar-refractivity contribution in [2.75, 3.05) is 26.9 Å². The molecule has 3 aromatic rings. The number of fused-ring (bicyclic) bond motifs is 1. The van der Waals surface area contributed by atoms with E-state index in [-0.39, 0.29) is 42.0 Å². The van der Waals surface area contributed by atoms with Crippen LogP contribution in [0.5, 0.6) is 23.0 Å². The van der Waals surface area contributed by atoms with Crippen LogP contribution >= 0.6 is 0 Å². The maximum atomic E-state index is 13.6. The average molecular weight is 637 g/mol. The Morgan fingerprint density at radius 2 is 1.17 bits per heavy atom. The van der Waals surface area contributed by atoms with Gasteiger partial charge < -0.3 is 51.8 Å². The molecule has 0 amide bonds. The monoisotopic (exact) mass is 636 g/mol. The molecule has 0 spiro atoms. The fraction of sp³-hybridized carbons (Fsp3) is 0.382. The summed E-state index contributed by atoms with van der Waals surface area (Å²) in [7, 11) is 1.54. The first-order valence-corrected chi connectivity index (χ1v) is 14.6. The van der Waals surface area contributed by atoms with Gasteiger partial charge in [-0.15, -0.1) is 0 Å². The van der Waals surface area contributed by atoms with Gasteiger partial charge in [-0.25, -0.2) is 0 Å². The van der Waals surface area contributed by atoms with Crippen LogP contribution in [0.1, 0.15) is 41.5 Å². The maximum absolute atomic E-state index is 13.6. The van der Waals surface area contributed by atoms with Gasteiger partial charge in [0.05, 0.1) is 7.11 Å². The predicted molar refractivity (Wildman–Crippen MR) is 164 cm³/mol. The number of rotatable bonds is 11. The van der Waals surface area contributed by atoms with Gasteiger partial charge in [0.2, 0.25) is 17.4 Å². The van der Waals surface area contributed by atoms with E-state index in [0.29, 0.717) is 45.8 Å². The Bertz CT molecular complexity index is 1790. The molecular weight excluding hydrogens is 600 g/mol. The molecule has 12 nitrogen and oxygen atoms in total. The fourth-order valence-corrected chi connectivity index (χ4v) is 4.87. The van der Waals surface area contributed by atoms with E-state index in [1.54, 1.807) is 71.9 Å². The van der Waals surface area contributed by atoms with Crippen LogP contribution in [0.4, 0.5) is 0 Å². The maximum Gasteiger partial charge on any atom is 0.244 e. The minimum Gasteiger partial charge on any atom is -0.493 e. The molecule has 0 saturated carbocycles. The molecule has 6 rings (SSSR count). The molecule has 0 fully saturated rings. The topological polar surface area (TPSA) is 123 Å². The summed E-state index contributed by atoms with van der Waals surface area (Å²) >= 11 is 0. The molecule has 12 heteroatoms. The predicted octanol–water partition coefficient (Wildman–Crippen LogP) is 6.48. The van der Waals surface area contributed by atoms with Crippen LogP contribution in [0.25, 0.3) is 22.3 Å². The van der Waals surface area contributed by atoms with Crippen LogP contribution in [0, 0.1) is 0 Å². The fourth-order valence-electron chi connectivity index (χ4n) is 4.87. The molecule has 2 aromatic carbocycles. The summed E-state index contributed by atoms with van der Waals surface area (Å²) in [6.07, 6.45) is 4.51. The van der Waals surface area contributed by atoms with Crippen molar-refractivity contribution in [3.8, 4) is 34.3 Å². The number of hydrogen-bond acceptors (Lipinski definition) is 12. The third-order valence-corrected chi connectivity index (χ3v) is 6.89. The molecule has 0 N–H and O–H groups in total. The van der Waals surface area contributed by atoms with Crippen molar-refractivity contribution in [3.05, 3.63) is 82.7 Å². The molecule has 46 heavy (non-hydrogen) atoms. The first-order chi connectivity index (χ1) is 21.8. The van der Waals surface area contributed by atoms with E-state index in [4.69, 9.17) is 51.8 Å². The molecule has 244 valence electrons. The summed E-state index contributed by atoms with van der Waals surface area (Å²) in [5.41, 5.74) is 0.497. The molecule has 1 aromatic heterocycles. The molecule has 4 heterocycles. The molecule has 0 atom stereocenters. The zero-order valence-corrected chi connectivity index (χ0v) is 26.7. The summed E-state index contributed by atoms with van der Waals surface area (Å²) < 4.78 is 63.6. The van der Waals surface area contributed by atoms with E-state index in [1.807, 2.05) is 0 Å². The van der Waals surface area contributed by atoms with Gasteiger partial charge in [-0.05, 0) is 18.2 Å². The van der Waals surface area contributed by atoms with Crippen molar-refractivity contribution in [2.24, 2.45) is 0 Å². The molecule has 0 aliphatic carbocycles. The molecule has 0 bridgehead atoms. The van der Waals surface area contributed by atoms with Gasteiger partial charge in [0.15, 0.2) is 34.2 Å². The van der Waals surface area contributed by atoms with E-state index in [2.05, 4.69) is 0 Å². The van der Waals surface area contributed by atoms with Crippen LogP contribution in [0.15, 0.2) is 81.7 Å². The molecule has 0 radical (unpaired) electrons. The Balaban J connectivity index is 1.31. The zero-order chi connectivity index (χ0) is 32.7. The first-order valence-electron chi connectivity index (χ1n) is 14.6. The number of hydrogen-bond donors (Lipinski definition) is 0. The third-order valence-electron chi connectivity index (χ3n) is 6.89. The van der Waals surface area contributed by atoms with Crippen LogP contribution in [0.2, 0.25) is 0 Å². The Labute approximate surface area is 265 Å². The molecule has 3 aliphatic rings. The lowest BCUT2D eigenvalue weighted by Gasteiger charge is -2.19. The first kappa shape index (κ1) is 30.9. The van der Waals surface area contributed by atoms with Crippen LogP contribution in [-0.4, -0.2) is 44.3 Å². The Kier molecular flexibility index (Phi) is 7.83. The summed E-state index contributed by atoms with van der Waals surface area (Å²) in [6, 6.07) is 9.85. The van der Waals surface area contributed by atoms with Crippen molar-refractivity contribution in [2.45, 2.75) is 58.9 Å². The zero-order valence-electron chi connectivity index (χ0n) is 26.7. The van der Waals surface area contributed by atoms with Crippen molar-refractivity contribution in [1.82, 2.24) is 0 Å². The lowest BCUT2D eigenvalue weighted by Crippen LogP contribution is -2.21. The lowest BCUT2D eigenvalue weighted by atomic mass is 10.1. The molecular formula is C34H36O12. The highest BCUT2D eigenvalue weighted by Gasteiger charge is 2.30. The third kappa shape index (κ3) is 6.90. The van der Waals surface area contributed by atoms with Crippen molar-refractivity contribution < 1.29 is 51.8 Å².